The summed E-state index contributed by atoms with van der Waals surface area (Å²) in [5.41, 5.74) is 27.4. The van der Waals surface area contributed by atoms with Crippen molar-refractivity contribution in [2.24, 2.45) is 0 Å². The number of para-hydroxylation sites is 2. The highest BCUT2D eigenvalue weighted by molar-refractivity contribution is 6.07. The van der Waals surface area contributed by atoms with Crippen molar-refractivity contribution in [3.8, 4) is 55.6 Å². The van der Waals surface area contributed by atoms with E-state index in [4.69, 9.17) is 4.42 Å². The Bertz CT molecular complexity index is 3900. The number of benzene rings is 11. The van der Waals surface area contributed by atoms with Crippen molar-refractivity contribution < 1.29 is 4.42 Å². The largest absolute Gasteiger partial charge is 0.456 e. The molecule has 0 atom stereocenters. The fourth-order valence-electron chi connectivity index (χ4n) is 13.7. The van der Waals surface area contributed by atoms with E-state index in [2.05, 4.69) is 248 Å². The summed E-state index contributed by atoms with van der Waals surface area (Å²) in [5.74, 6) is 0. The van der Waals surface area contributed by atoms with Crippen LogP contribution in [0, 0.1) is 0 Å². The number of hydrogen-bond acceptors (Lipinski definition) is 2. The van der Waals surface area contributed by atoms with Gasteiger partial charge in [0.15, 0.2) is 0 Å². The van der Waals surface area contributed by atoms with E-state index < -0.39 is 10.8 Å². The predicted molar refractivity (Wildman–Crippen MR) is 286 cm³/mol. The molecule has 70 heavy (non-hydrogen) atoms. The number of hydrogen-bond donors (Lipinski definition) is 0. The molecule has 1 heterocycles. The molecule has 16 rings (SSSR count). The fraction of sp³-hybridized carbons (Fsp3) is 0.0294. The lowest BCUT2D eigenvalue weighted by Gasteiger charge is -2.34. The van der Waals surface area contributed by atoms with Crippen molar-refractivity contribution in [1.29, 1.82) is 0 Å². The van der Waals surface area contributed by atoms with E-state index in [1.807, 2.05) is 6.07 Å². The van der Waals surface area contributed by atoms with Crippen LogP contribution in [0.5, 0.6) is 0 Å². The SMILES string of the molecule is c1ccc(N(c2ccc3c(c2)C2(c4ccccc4-c4ccccc42)c2ccccc2-3)c2ccc3c(c2)C2(c4ccccc4-c4ccccc42)c2ccccc2-3)c(-c2ccc3oc4ccccc4c3c2)c1. The number of rotatable bonds is 4. The van der Waals surface area contributed by atoms with Crippen LogP contribution in [0.2, 0.25) is 0 Å². The standard InChI is InChI=1S/C68H41NO/c1-9-25-56-46(18-1)47-19-2-10-26-57(47)67(56)60-29-13-5-22-50(60)52-36-34-43(40-62(52)67)69(64-31-15-7-17-45(64)42-33-38-66-55(39-42)54-24-8-16-32-65(54)70-66)44-35-37-53-51-23-6-14-30-61(51)68(63(53)41-44)58-27-11-3-20-48(58)49-21-4-12-28-59(49)68/h1-41H. The van der Waals surface area contributed by atoms with Crippen LogP contribution in [0.15, 0.2) is 253 Å². The molecule has 2 heteroatoms. The van der Waals surface area contributed by atoms with Gasteiger partial charge in [-0.15, -0.1) is 0 Å². The maximum absolute atomic E-state index is 6.38. The summed E-state index contributed by atoms with van der Waals surface area (Å²) >= 11 is 0. The zero-order chi connectivity index (χ0) is 45.7. The van der Waals surface area contributed by atoms with E-state index in [0.29, 0.717) is 0 Å². The normalized spacial score (nSPS) is 14.2. The minimum absolute atomic E-state index is 0.491. The van der Waals surface area contributed by atoms with Crippen LogP contribution in [-0.2, 0) is 10.8 Å². The maximum Gasteiger partial charge on any atom is 0.135 e. The molecule has 4 aliphatic rings. The molecular formula is C68H41NO. The van der Waals surface area contributed by atoms with Gasteiger partial charge in [-0.25, -0.2) is 0 Å². The molecule has 0 saturated heterocycles. The van der Waals surface area contributed by atoms with E-state index in [1.54, 1.807) is 0 Å². The van der Waals surface area contributed by atoms with Gasteiger partial charge in [-0.3, -0.25) is 0 Å². The highest BCUT2D eigenvalue weighted by Gasteiger charge is 2.53. The van der Waals surface area contributed by atoms with Gasteiger partial charge in [0, 0.05) is 27.7 Å². The smallest absolute Gasteiger partial charge is 0.135 e. The number of anilines is 3. The van der Waals surface area contributed by atoms with Gasteiger partial charge in [0.1, 0.15) is 11.2 Å². The molecule has 4 aliphatic carbocycles. The third-order valence-corrected chi connectivity index (χ3v) is 16.3. The summed E-state index contributed by atoms with van der Waals surface area (Å²) in [6.07, 6.45) is 0. The second-order valence-electron chi connectivity index (χ2n) is 19.4. The molecule has 0 N–H and O–H groups in total. The topological polar surface area (TPSA) is 16.4 Å². The molecule has 11 aromatic carbocycles. The van der Waals surface area contributed by atoms with Crippen LogP contribution in [-0.4, -0.2) is 0 Å². The molecule has 0 amide bonds. The van der Waals surface area contributed by atoms with Crippen LogP contribution >= 0.6 is 0 Å². The molecule has 2 nitrogen and oxygen atoms in total. The van der Waals surface area contributed by atoms with Crippen molar-refractivity contribution in [3.63, 3.8) is 0 Å². The van der Waals surface area contributed by atoms with E-state index in [1.165, 1.54) is 89.0 Å². The number of fused-ring (bicyclic) bond motifs is 23. The van der Waals surface area contributed by atoms with Crippen LogP contribution in [0.1, 0.15) is 44.5 Å². The van der Waals surface area contributed by atoms with Gasteiger partial charge in [0.25, 0.3) is 0 Å². The van der Waals surface area contributed by atoms with Crippen molar-refractivity contribution in [2.75, 3.05) is 4.90 Å². The summed E-state index contributed by atoms with van der Waals surface area (Å²) in [5, 5.41) is 2.23. The van der Waals surface area contributed by atoms with E-state index in [0.717, 1.165) is 50.1 Å². The predicted octanol–water partition coefficient (Wildman–Crippen LogP) is 17.4. The first-order valence-corrected chi connectivity index (χ1v) is 24.4. The Labute approximate surface area is 406 Å². The minimum Gasteiger partial charge on any atom is -0.456 e. The molecule has 324 valence electrons. The Morgan fingerprint density at radius 3 is 1.07 bits per heavy atom. The lowest BCUT2D eigenvalue weighted by molar-refractivity contribution is 0.669. The van der Waals surface area contributed by atoms with Crippen molar-refractivity contribution in [3.05, 3.63) is 293 Å². The third-order valence-electron chi connectivity index (χ3n) is 16.3. The molecule has 0 saturated carbocycles. The van der Waals surface area contributed by atoms with Crippen LogP contribution in [0.25, 0.3) is 77.6 Å². The van der Waals surface area contributed by atoms with Gasteiger partial charge in [-0.05, 0) is 143 Å². The first kappa shape index (κ1) is 38.0. The highest BCUT2D eigenvalue weighted by Crippen LogP contribution is 2.65. The summed E-state index contributed by atoms with van der Waals surface area (Å²) in [7, 11) is 0. The summed E-state index contributed by atoms with van der Waals surface area (Å²) < 4.78 is 6.38. The first-order valence-electron chi connectivity index (χ1n) is 24.4. The fourth-order valence-corrected chi connectivity index (χ4v) is 13.7. The molecule has 0 aliphatic heterocycles. The van der Waals surface area contributed by atoms with Crippen LogP contribution in [0.4, 0.5) is 17.1 Å². The zero-order valence-corrected chi connectivity index (χ0v) is 38.0. The molecule has 0 bridgehead atoms. The molecular weight excluding hydrogens is 847 g/mol. The highest BCUT2D eigenvalue weighted by atomic mass is 16.3. The lowest BCUT2D eigenvalue weighted by atomic mass is 9.70. The van der Waals surface area contributed by atoms with Gasteiger partial charge in [0.05, 0.1) is 16.5 Å². The van der Waals surface area contributed by atoms with Gasteiger partial charge >= 0.3 is 0 Å². The van der Waals surface area contributed by atoms with Crippen molar-refractivity contribution in [1.82, 2.24) is 0 Å². The number of furan rings is 1. The maximum atomic E-state index is 6.38. The van der Waals surface area contributed by atoms with Crippen molar-refractivity contribution in [2.45, 2.75) is 10.8 Å². The average molecular weight is 888 g/mol. The van der Waals surface area contributed by atoms with Crippen LogP contribution < -0.4 is 4.90 Å². The summed E-state index contributed by atoms with van der Waals surface area (Å²) in [6.45, 7) is 0. The minimum atomic E-state index is -0.491. The van der Waals surface area contributed by atoms with E-state index in [9.17, 15) is 0 Å². The summed E-state index contributed by atoms with van der Waals surface area (Å²) in [4.78, 5) is 2.54. The molecule has 2 spiro atoms. The first-order chi connectivity index (χ1) is 34.7. The Morgan fingerprint density at radius 2 is 0.614 bits per heavy atom. The second-order valence-corrected chi connectivity index (χ2v) is 19.4. The molecule has 12 aromatic rings. The number of nitrogens with zero attached hydrogens (tertiary/aromatic N) is 1. The Kier molecular flexibility index (Phi) is 7.51. The van der Waals surface area contributed by atoms with Crippen LogP contribution in [0.3, 0.4) is 0 Å². The Morgan fingerprint density at radius 1 is 0.257 bits per heavy atom. The molecule has 0 unspecified atom stereocenters. The van der Waals surface area contributed by atoms with E-state index in [-0.39, 0.29) is 0 Å². The zero-order valence-electron chi connectivity index (χ0n) is 38.0. The van der Waals surface area contributed by atoms with Gasteiger partial charge in [-0.2, -0.15) is 0 Å². The quantitative estimate of drug-likeness (QED) is 0.175. The van der Waals surface area contributed by atoms with Gasteiger partial charge < -0.3 is 9.32 Å². The van der Waals surface area contributed by atoms with Crippen molar-refractivity contribution >= 4 is 39.0 Å². The Hall–Kier alpha value is -8.98. The third kappa shape index (κ3) is 4.68. The summed E-state index contributed by atoms with van der Waals surface area (Å²) in [6, 6.07) is 93.2. The molecule has 0 radical (unpaired) electrons. The molecule has 1 aromatic heterocycles. The Balaban J connectivity index is 0.988. The monoisotopic (exact) mass is 887 g/mol. The van der Waals surface area contributed by atoms with Gasteiger partial charge in [0.2, 0.25) is 0 Å². The second kappa shape index (κ2) is 13.8. The average Bonchev–Trinajstić information content (AvgIpc) is 4.20. The van der Waals surface area contributed by atoms with E-state index >= 15 is 0 Å². The van der Waals surface area contributed by atoms with Gasteiger partial charge in [-0.1, -0.05) is 200 Å². The lowest BCUT2D eigenvalue weighted by Crippen LogP contribution is -2.26. The molecule has 0 fully saturated rings.